The van der Waals surface area contributed by atoms with Crippen LogP contribution in [0, 0.1) is 20.8 Å². The molecule has 196 valence electrons. The van der Waals surface area contributed by atoms with E-state index in [4.69, 9.17) is 23.2 Å². The molecule has 1 aromatic heterocycles. The smallest absolute Gasteiger partial charge is 0.264 e. The Balaban J connectivity index is 1.57. The molecule has 0 saturated heterocycles. The molecule has 10 heteroatoms. The Morgan fingerprint density at radius 3 is 2.39 bits per heavy atom. The number of amides is 1. The summed E-state index contributed by atoms with van der Waals surface area (Å²) in [7, 11) is -4.12. The van der Waals surface area contributed by atoms with Crippen LogP contribution < -0.4 is 9.73 Å². The van der Waals surface area contributed by atoms with Crippen LogP contribution in [-0.4, -0.2) is 31.7 Å². The number of anilines is 1. The van der Waals surface area contributed by atoms with E-state index in [0.717, 1.165) is 32.5 Å². The van der Waals surface area contributed by atoms with Gasteiger partial charge in [-0.05, 0) is 74.9 Å². The Hall–Kier alpha value is -3.59. The standard InChI is InChI=1S/C28H26Cl2N4O3S/c1-19-8-7-9-24(14-19)34-20(2)15-22(21(34)3)17-31-32-28(35)18-33(27-13-12-23(29)16-26(27)30)38(36,37)25-10-5-4-6-11-25/h4-17H,18H2,1-3H3,(H,32,35)/b31-17-. The molecule has 0 radical (unpaired) electrons. The lowest BCUT2D eigenvalue weighted by atomic mass is 10.2. The SMILES string of the molecule is Cc1cccc(-n2c(C)cc(/C=N\NC(=O)CN(c3ccc(Cl)cc3Cl)S(=O)(=O)c3ccccc3)c2C)c1. The van der Waals surface area contributed by atoms with Crippen LogP contribution >= 0.6 is 23.2 Å². The number of hydrazone groups is 1. The average Bonchev–Trinajstić information content (AvgIpc) is 3.16. The predicted molar refractivity (Wildman–Crippen MR) is 153 cm³/mol. The monoisotopic (exact) mass is 568 g/mol. The number of nitrogens with one attached hydrogen (secondary N) is 1. The highest BCUT2D eigenvalue weighted by molar-refractivity contribution is 7.92. The fourth-order valence-corrected chi connectivity index (χ4v) is 6.15. The number of carbonyl (C=O) groups is 1. The minimum absolute atomic E-state index is 0.0194. The fourth-order valence-electron chi connectivity index (χ4n) is 4.13. The summed E-state index contributed by atoms with van der Waals surface area (Å²) in [5, 5.41) is 4.53. The van der Waals surface area contributed by atoms with Crippen molar-refractivity contribution in [3.8, 4) is 5.69 Å². The Morgan fingerprint density at radius 2 is 1.71 bits per heavy atom. The maximum Gasteiger partial charge on any atom is 0.264 e. The molecule has 0 saturated carbocycles. The first-order valence-corrected chi connectivity index (χ1v) is 13.9. The number of halogens is 2. The van der Waals surface area contributed by atoms with Gasteiger partial charge in [0.25, 0.3) is 15.9 Å². The molecular weight excluding hydrogens is 543 g/mol. The summed E-state index contributed by atoms with van der Waals surface area (Å²) in [6, 6.07) is 22.3. The highest BCUT2D eigenvalue weighted by Gasteiger charge is 2.28. The number of nitrogens with zero attached hydrogens (tertiary/aromatic N) is 3. The largest absolute Gasteiger partial charge is 0.318 e. The molecule has 1 heterocycles. The lowest BCUT2D eigenvalue weighted by Gasteiger charge is -2.24. The molecule has 3 aromatic carbocycles. The van der Waals surface area contributed by atoms with E-state index in [2.05, 4.69) is 21.2 Å². The van der Waals surface area contributed by atoms with Crippen molar-refractivity contribution in [3.05, 3.63) is 111 Å². The Kier molecular flexibility index (Phi) is 8.26. The van der Waals surface area contributed by atoms with Crippen molar-refractivity contribution in [1.82, 2.24) is 9.99 Å². The van der Waals surface area contributed by atoms with Crippen LogP contribution in [0.25, 0.3) is 5.69 Å². The van der Waals surface area contributed by atoms with Gasteiger partial charge in [0.1, 0.15) is 6.54 Å². The fraction of sp³-hybridized carbons (Fsp3) is 0.143. The van der Waals surface area contributed by atoms with Gasteiger partial charge in [-0.1, -0.05) is 53.5 Å². The first kappa shape index (κ1) is 27.4. The van der Waals surface area contributed by atoms with Gasteiger partial charge in [0.15, 0.2) is 0 Å². The van der Waals surface area contributed by atoms with E-state index in [9.17, 15) is 13.2 Å². The molecule has 1 amide bonds. The molecule has 0 aliphatic heterocycles. The maximum absolute atomic E-state index is 13.5. The zero-order valence-corrected chi connectivity index (χ0v) is 23.3. The van der Waals surface area contributed by atoms with Gasteiger partial charge in [-0.2, -0.15) is 5.10 Å². The van der Waals surface area contributed by atoms with E-state index < -0.39 is 22.5 Å². The molecule has 38 heavy (non-hydrogen) atoms. The normalized spacial score (nSPS) is 11.6. The quantitative estimate of drug-likeness (QED) is 0.207. The first-order valence-electron chi connectivity index (χ1n) is 11.7. The highest BCUT2D eigenvalue weighted by Crippen LogP contribution is 2.32. The molecule has 0 atom stereocenters. The molecule has 0 unspecified atom stereocenters. The maximum atomic E-state index is 13.5. The van der Waals surface area contributed by atoms with Gasteiger partial charge in [0, 0.05) is 27.7 Å². The van der Waals surface area contributed by atoms with Crippen LogP contribution in [-0.2, 0) is 14.8 Å². The minimum Gasteiger partial charge on any atom is -0.318 e. The van der Waals surface area contributed by atoms with E-state index >= 15 is 0 Å². The molecule has 0 aliphatic carbocycles. The lowest BCUT2D eigenvalue weighted by molar-refractivity contribution is -0.119. The van der Waals surface area contributed by atoms with Crippen molar-refractivity contribution in [2.24, 2.45) is 5.10 Å². The van der Waals surface area contributed by atoms with Crippen LogP contribution in [0.4, 0.5) is 5.69 Å². The van der Waals surface area contributed by atoms with E-state index in [-0.39, 0.29) is 15.6 Å². The highest BCUT2D eigenvalue weighted by atomic mass is 35.5. The molecule has 1 N–H and O–H groups in total. The Labute approximate surface area is 232 Å². The third kappa shape index (κ3) is 5.93. The molecular formula is C28H26Cl2N4O3S. The topological polar surface area (TPSA) is 83.8 Å². The predicted octanol–water partition coefficient (Wildman–Crippen LogP) is 6.05. The van der Waals surface area contributed by atoms with Crippen molar-refractivity contribution in [3.63, 3.8) is 0 Å². The second-order valence-electron chi connectivity index (χ2n) is 8.71. The third-order valence-corrected chi connectivity index (χ3v) is 8.23. The van der Waals surface area contributed by atoms with Gasteiger partial charge in [0.2, 0.25) is 0 Å². The van der Waals surface area contributed by atoms with E-state index in [0.29, 0.717) is 5.02 Å². The number of aromatic nitrogens is 1. The molecule has 4 aromatic rings. The summed E-state index contributed by atoms with van der Waals surface area (Å²) in [4.78, 5) is 12.9. The number of sulfonamides is 1. The van der Waals surface area contributed by atoms with Gasteiger partial charge < -0.3 is 4.57 Å². The van der Waals surface area contributed by atoms with Gasteiger partial charge in [-0.3, -0.25) is 9.10 Å². The number of hydrogen-bond donors (Lipinski definition) is 1. The third-order valence-electron chi connectivity index (χ3n) is 5.92. The summed E-state index contributed by atoms with van der Waals surface area (Å²) in [5.74, 6) is -0.640. The van der Waals surface area contributed by atoms with E-state index in [1.165, 1.54) is 36.5 Å². The molecule has 4 rings (SSSR count). The van der Waals surface area contributed by atoms with E-state index in [1.54, 1.807) is 18.2 Å². The van der Waals surface area contributed by atoms with Crippen molar-refractivity contribution in [2.75, 3.05) is 10.8 Å². The van der Waals surface area contributed by atoms with Crippen molar-refractivity contribution >= 4 is 51.0 Å². The molecule has 0 spiro atoms. The molecule has 0 fully saturated rings. The number of benzene rings is 3. The second kappa shape index (κ2) is 11.4. The molecule has 0 bridgehead atoms. The van der Waals surface area contributed by atoms with Gasteiger partial charge in [-0.15, -0.1) is 0 Å². The zero-order chi connectivity index (χ0) is 27.4. The van der Waals surface area contributed by atoms with Crippen LogP contribution in [0.15, 0.2) is 88.9 Å². The van der Waals surface area contributed by atoms with Gasteiger partial charge in [-0.25, -0.2) is 13.8 Å². The van der Waals surface area contributed by atoms with Crippen LogP contribution in [0.3, 0.4) is 0 Å². The Morgan fingerprint density at radius 1 is 0.974 bits per heavy atom. The van der Waals surface area contributed by atoms with Gasteiger partial charge in [0.05, 0.1) is 21.8 Å². The van der Waals surface area contributed by atoms with Crippen molar-refractivity contribution in [1.29, 1.82) is 0 Å². The van der Waals surface area contributed by atoms with E-state index in [1.807, 2.05) is 45.0 Å². The second-order valence-corrected chi connectivity index (χ2v) is 11.4. The molecule has 7 nitrogen and oxygen atoms in total. The summed E-state index contributed by atoms with van der Waals surface area (Å²) in [6.07, 6.45) is 1.54. The summed E-state index contributed by atoms with van der Waals surface area (Å²) < 4.78 is 30.0. The zero-order valence-electron chi connectivity index (χ0n) is 21.0. The first-order chi connectivity index (χ1) is 18.1. The van der Waals surface area contributed by atoms with Crippen molar-refractivity contribution in [2.45, 2.75) is 25.7 Å². The lowest BCUT2D eigenvalue weighted by Crippen LogP contribution is -2.39. The average molecular weight is 570 g/mol. The summed E-state index contributed by atoms with van der Waals surface area (Å²) >= 11 is 12.3. The van der Waals surface area contributed by atoms with Gasteiger partial charge >= 0.3 is 0 Å². The van der Waals surface area contributed by atoms with Crippen molar-refractivity contribution < 1.29 is 13.2 Å². The molecule has 0 aliphatic rings. The Bertz CT molecular complexity index is 1620. The minimum atomic E-state index is -4.12. The number of rotatable bonds is 8. The van der Waals surface area contributed by atoms with Crippen LogP contribution in [0.2, 0.25) is 10.0 Å². The van der Waals surface area contributed by atoms with Crippen LogP contribution in [0.1, 0.15) is 22.5 Å². The number of carbonyl (C=O) groups excluding carboxylic acids is 1. The number of aryl methyl sites for hydroxylation is 2. The number of hydrogen-bond acceptors (Lipinski definition) is 4. The summed E-state index contributed by atoms with van der Waals surface area (Å²) in [6.45, 7) is 5.45. The summed E-state index contributed by atoms with van der Waals surface area (Å²) in [5.41, 5.74) is 7.52. The van der Waals surface area contributed by atoms with Crippen LogP contribution in [0.5, 0.6) is 0 Å².